The summed E-state index contributed by atoms with van der Waals surface area (Å²) in [6.45, 7) is 3.10. The molecule has 0 aromatic heterocycles. The summed E-state index contributed by atoms with van der Waals surface area (Å²) in [5, 5.41) is 9.73. The lowest BCUT2D eigenvalue weighted by atomic mass is 9.67. The molecule has 3 N–H and O–H groups in total. The first kappa shape index (κ1) is 20.5. The predicted octanol–water partition coefficient (Wildman–Crippen LogP) is 2.30. The Morgan fingerprint density at radius 3 is 2.54 bits per heavy atom. The number of hydrogen-bond donors (Lipinski definition) is 2. The van der Waals surface area contributed by atoms with Crippen LogP contribution in [-0.4, -0.2) is 59.0 Å². The Morgan fingerprint density at radius 1 is 1.23 bits per heavy atom. The Balaban J connectivity index is 2.31. The quantitative estimate of drug-likeness (QED) is 0.720. The first-order chi connectivity index (χ1) is 12.4. The van der Waals surface area contributed by atoms with E-state index in [0.29, 0.717) is 19.0 Å². The lowest BCUT2D eigenvalue weighted by Crippen LogP contribution is -2.58. The standard InChI is InChI=1S/C19H33N3O4/c1-3-4-10-21(2)18(24)15(12-16(20)23)17-14-8-6-5-7-13(14)9-11-22(17)19(25)26/h13-15,17H,3-12H2,1-2H3,(H2,20,23)(H,25,26). The second kappa shape index (κ2) is 9.24. The van der Waals surface area contributed by atoms with E-state index in [0.717, 1.165) is 44.9 Å². The number of unbranched alkanes of at least 4 members (excludes halogenated alkanes) is 1. The van der Waals surface area contributed by atoms with Crippen molar-refractivity contribution in [3.8, 4) is 0 Å². The number of fused-ring (bicyclic) bond motifs is 1. The van der Waals surface area contributed by atoms with Gasteiger partial charge in [0.1, 0.15) is 0 Å². The third-order valence-corrected chi connectivity index (χ3v) is 6.13. The Hall–Kier alpha value is -1.79. The van der Waals surface area contributed by atoms with Crippen molar-refractivity contribution < 1.29 is 19.5 Å². The fourth-order valence-corrected chi connectivity index (χ4v) is 4.83. The summed E-state index contributed by atoms with van der Waals surface area (Å²) in [6.07, 6.45) is 5.80. The number of nitrogens with zero attached hydrogens (tertiary/aromatic N) is 2. The van der Waals surface area contributed by atoms with Crippen molar-refractivity contribution in [1.29, 1.82) is 0 Å². The van der Waals surface area contributed by atoms with Gasteiger partial charge < -0.3 is 20.6 Å². The number of primary amides is 1. The maximum atomic E-state index is 13.1. The molecule has 148 valence electrons. The Morgan fingerprint density at radius 2 is 1.92 bits per heavy atom. The molecule has 2 fully saturated rings. The molecule has 1 saturated carbocycles. The van der Waals surface area contributed by atoms with Gasteiger partial charge in [0.15, 0.2) is 0 Å². The monoisotopic (exact) mass is 367 g/mol. The molecule has 7 heteroatoms. The first-order valence-electron chi connectivity index (χ1n) is 9.89. The highest BCUT2D eigenvalue weighted by molar-refractivity contribution is 5.86. The molecular weight excluding hydrogens is 334 g/mol. The number of hydrogen-bond acceptors (Lipinski definition) is 3. The lowest BCUT2D eigenvalue weighted by molar-refractivity contribution is -0.142. The average Bonchev–Trinajstić information content (AvgIpc) is 2.62. The van der Waals surface area contributed by atoms with Crippen LogP contribution < -0.4 is 5.73 Å². The van der Waals surface area contributed by atoms with Crippen LogP contribution >= 0.6 is 0 Å². The van der Waals surface area contributed by atoms with E-state index in [4.69, 9.17) is 5.73 Å². The Labute approximate surface area is 155 Å². The molecule has 1 saturated heterocycles. The van der Waals surface area contributed by atoms with Crippen LogP contribution in [0.2, 0.25) is 0 Å². The zero-order valence-corrected chi connectivity index (χ0v) is 16.0. The number of nitrogens with two attached hydrogens (primary N) is 1. The summed E-state index contributed by atoms with van der Waals surface area (Å²) in [7, 11) is 1.73. The summed E-state index contributed by atoms with van der Waals surface area (Å²) < 4.78 is 0. The smallest absolute Gasteiger partial charge is 0.407 e. The van der Waals surface area contributed by atoms with Crippen LogP contribution in [0.5, 0.6) is 0 Å². The minimum Gasteiger partial charge on any atom is -0.465 e. The molecule has 3 amide bonds. The van der Waals surface area contributed by atoms with Gasteiger partial charge in [0.2, 0.25) is 11.8 Å². The Bertz CT molecular complexity index is 525. The van der Waals surface area contributed by atoms with E-state index in [2.05, 4.69) is 6.92 Å². The summed E-state index contributed by atoms with van der Waals surface area (Å²) >= 11 is 0. The van der Waals surface area contributed by atoms with E-state index in [1.165, 1.54) is 4.90 Å². The van der Waals surface area contributed by atoms with Gasteiger partial charge in [-0.15, -0.1) is 0 Å². The van der Waals surface area contributed by atoms with Gasteiger partial charge in [-0.05, 0) is 31.1 Å². The van der Waals surface area contributed by atoms with E-state index in [1.54, 1.807) is 11.9 Å². The third kappa shape index (κ3) is 4.68. The topological polar surface area (TPSA) is 104 Å². The zero-order valence-electron chi connectivity index (χ0n) is 16.0. The van der Waals surface area contributed by atoms with Gasteiger partial charge >= 0.3 is 6.09 Å². The lowest BCUT2D eigenvalue weighted by Gasteiger charge is -2.49. The normalized spacial score (nSPS) is 26.7. The van der Waals surface area contributed by atoms with E-state index in [9.17, 15) is 19.5 Å². The molecule has 0 bridgehead atoms. The van der Waals surface area contributed by atoms with E-state index < -0.39 is 24.0 Å². The number of amides is 3. The van der Waals surface area contributed by atoms with Crippen molar-refractivity contribution in [3.63, 3.8) is 0 Å². The number of likely N-dealkylation sites (tertiary alicyclic amines) is 1. The van der Waals surface area contributed by atoms with Gasteiger partial charge in [0.25, 0.3) is 0 Å². The van der Waals surface area contributed by atoms with Crippen LogP contribution in [0.1, 0.15) is 58.3 Å². The van der Waals surface area contributed by atoms with Crippen LogP contribution in [0.25, 0.3) is 0 Å². The summed E-state index contributed by atoms with van der Waals surface area (Å²) in [4.78, 5) is 39.8. The molecule has 0 radical (unpaired) electrons. The summed E-state index contributed by atoms with van der Waals surface area (Å²) in [5.41, 5.74) is 5.45. The van der Waals surface area contributed by atoms with E-state index >= 15 is 0 Å². The summed E-state index contributed by atoms with van der Waals surface area (Å²) in [5.74, 6) is -0.804. The fourth-order valence-electron chi connectivity index (χ4n) is 4.83. The highest BCUT2D eigenvalue weighted by Crippen LogP contribution is 2.43. The second-order valence-corrected chi connectivity index (χ2v) is 7.85. The van der Waals surface area contributed by atoms with Crippen molar-refractivity contribution >= 4 is 17.9 Å². The van der Waals surface area contributed by atoms with Gasteiger partial charge in [-0.3, -0.25) is 9.59 Å². The maximum Gasteiger partial charge on any atom is 0.407 e. The highest BCUT2D eigenvalue weighted by Gasteiger charge is 2.47. The first-order valence-corrected chi connectivity index (χ1v) is 9.89. The molecule has 0 spiro atoms. The van der Waals surface area contributed by atoms with Crippen molar-refractivity contribution in [1.82, 2.24) is 9.80 Å². The molecule has 2 aliphatic rings. The molecule has 26 heavy (non-hydrogen) atoms. The van der Waals surface area contributed by atoms with Crippen LogP contribution in [0.3, 0.4) is 0 Å². The van der Waals surface area contributed by atoms with E-state index in [1.807, 2.05) is 0 Å². The number of carbonyl (C=O) groups is 3. The molecular formula is C19H33N3O4. The number of carbonyl (C=O) groups excluding carboxylic acids is 2. The second-order valence-electron chi connectivity index (χ2n) is 7.85. The highest BCUT2D eigenvalue weighted by atomic mass is 16.4. The zero-order chi connectivity index (χ0) is 19.3. The molecule has 4 atom stereocenters. The van der Waals surface area contributed by atoms with Crippen LogP contribution in [0.15, 0.2) is 0 Å². The van der Waals surface area contributed by atoms with Crippen molar-refractivity contribution in [2.75, 3.05) is 20.1 Å². The van der Waals surface area contributed by atoms with Gasteiger partial charge in [-0.25, -0.2) is 4.79 Å². The molecule has 4 unspecified atom stereocenters. The number of piperidine rings is 1. The minimum atomic E-state index is -1.00. The molecule has 0 aromatic carbocycles. The molecule has 0 aromatic rings. The van der Waals surface area contributed by atoms with Gasteiger partial charge in [-0.1, -0.05) is 32.6 Å². The summed E-state index contributed by atoms with van der Waals surface area (Å²) in [6, 6.07) is -0.448. The van der Waals surface area contributed by atoms with Gasteiger partial charge in [0, 0.05) is 26.6 Å². The molecule has 7 nitrogen and oxygen atoms in total. The molecule has 2 rings (SSSR count). The average molecular weight is 367 g/mol. The van der Waals surface area contributed by atoms with E-state index in [-0.39, 0.29) is 18.2 Å². The van der Waals surface area contributed by atoms with Gasteiger partial charge in [-0.2, -0.15) is 0 Å². The van der Waals surface area contributed by atoms with Crippen LogP contribution in [0.4, 0.5) is 4.79 Å². The predicted molar refractivity (Wildman–Crippen MR) is 98.4 cm³/mol. The molecule has 1 aliphatic carbocycles. The molecule has 1 aliphatic heterocycles. The van der Waals surface area contributed by atoms with Crippen molar-refractivity contribution in [2.45, 2.75) is 64.3 Å². The van der Waals surface area contributed by atoms with Crippen LogP contribution in [0, 0.1) is 17.8 Å². The molecule has 1 heterocycles. The van der Waals surface area contributed by atoms with Crippen LogP contribution in [-0.2, 0) is 9.59 Å². The minimum absolute atomic E-state index is 0.0903. The van der Waals surface area contributed by atoms with Gasteiger partial charge in [0.05, 0.1) is 12.0 Å². The van der Waals surface area contributed by atoms with Crippen molar-refractivity contribution in [3.05, 3.63) is 0 Å². The third-order valence-electron chi connectivity index (χ3n) is 6.13. The number of rotatable bonds is 7. The number of carboxylic acid groups (broad SMARTS) is 1. The SMILES string of the molecule is CCCCN(C)C(=O)C(CC(N)=O)C1C2CCCCC2CCN1C(=O)O. The Kier molecular flexibility index (Phi) is 7.29. The fraction of sp³-hybridized carbons (Fsp3) is 0.842. The maximum absolute atomic E-state index is 13.1. The van der Waals surface area contributed by atoms with Crippen molar-refractivity contribution in [2.24, 2.45) is 23.5 Å². The largest absolute Gasteiger partial charge is 0.465 e.